The summed E-state index contributed by atoms with van der Waals surface area (Å²) in [6, 6.07) is 13.0. The van der Waals surface area contributed by atoms with Gasteiger partial charge in [0.25, 0.3) is 0 Å². The molecule has 4 nitrogen and oxygen atoms in total. The van der Waals surface area contributed by atoms with Crippen molar-refractivity contribution < 1.29 is 19.8 Å². The maximum absolute atomic E-state index is 11.2. The summed E-state index contributed by atoms with van der Waals surface area (Å²) in [5.41, 5.74) is 0.767. The molecule has 0 saturated carbocycles. The third-order valence-corrected chi connectivity index (χ3v) is 2.74. The number of carboxylic acids is 2. The highest BCUT2D eigenvalue weighted by atomic mass is 16.4. The van der Waals surface area contributed by atoms with E-state index in [0.29, 0.717) is 0 Å². The van der Waals surface area contributed by atoms with Crippen LogP contribution in [0.5, 0.6) is 0 Å². The molecule has 0 unspecified atom stereocenters. The van der Waals surface area contributed by atoms with Gasteiger partial charge in [0.1, 0.15) is 0 Å². The monoisotopic (exact) mass is 290 g/mol. The Balaban J connectivity index is 2.31. The maximum atomic E-state index is 11.2. The average molecular weight is 290 g/mol. The van der Waals surface area contributed by atoms with Crippen molar-refractivity contribution in [2.45, 2.75) is 0 Å². The molecule has 0 radical (unpaired) electrons. The minimum absolute atomic E-state index is 0.0988. The number of aromatic carboxylic acids is 2. The standard InChI is InChI=1S/C18H10O4/c19-17(20)15-11-10-14(16(12-15)18(21)22)9-5-4-8-13-6-2-1-3-7-13/h1-3,6-7,10-12H,(H,19,20)(H,21,22). The SMILES string of the molecule is O=C(O)c1ccc(C#CC#Cc2ccccc2)c(C(=O)O)c1. The Kier molecular flexibility index (Phi) is 4.59. The van der Waals surface area contributed by atoms with E-state index in [1.165, 1.54) is 12.1 Å². The molecule has 0 amide bonds. The van der Waals surface area contributed by atoms with E-state index in [-0.39, 0.29) is 16.7 Å². The zero-order chi connectivity index (χ0) is 15.9. The van der Waals surface area contributed by atoms with Gasteiger partial charge in [-0.2, -0.15) is 0 Å². The van der Waals surface area contributed by atoms with E-state index in [9.17, 15) is 9.59 Å². The molecule has 0 aliphatic carbocycles. The summed E-state index contributed by atoms with van der Waals surface area (Å²) in [5, 5.41) is 18.0. The lowest BCUT2D eigenvalue weighted by Gasteiger charge is -2.00. The van der Waals surface area contributed by atoms with Crippen LogP contribution in [0.15, 0.2) is 48.5 Å². The second-order valence-corrected chi connectivity index (χ2v) is 4.24. The van der Waals surface area contributed by atoms with Crippen molar-refractivity contribution in [3.63, 3.8) is 0 Å². The summed E-state index contributed by atoms with van der Waals surface area (Å²) in [6.07, 6.45) is 0. The first-order valence-electron chi connectivity index (χ1n) is 6.25. The molecule has 0 aliphatic rings. The summed E-state index contributed by atoms with van der Waals surface area (Å²) < 4.78 is 0. The van der Waals surface area contributed by atoms with Crippen LogP contribution >= 0.6 is 0 Å². The number of carbonyl (C=O) groups is 2. The van der Waals surface area contributed by atoms with Crippen LogP contribution in [0.2, 0.25) is 0 Å². The molecule has 0 bridgehead atoms. The number of benzene rings is 2. The van der Waals surface area contributed by atoms with Crippen molar-refractivity contribution in [2.75, 3.05) is 0 Å². The van der Waals surface area contributed by atoms with Gasteiger partial charge in [0.15, 0.2) is 0 Å². The van der Waals surface area contributed by atoms with Gasteiger partial charge in [0, 0.05) is 11.1 Å². The van der Waals surface area contributed by atoms with Crippen LogP contribution in [0.1, 0.15) is 31.8 Å². The summed E-state index contributed by atoms with van der Waals surface area (Å²) in [6.45, 7) is 0. The Labute approximate surface area is 127 Å². The highest BCUT2D eigenvalue weighted by Gasteiger charge is 2.12. The molecule has 0 heterocycles. The molecule has 4 heteroatoms. The van der Waals surface area contributed by atoms with Gasteiger partial charge < -0.3 is 10.2 Å². The van der Waals surface area contributed by atoms with E-state index in [1.807, 2.05) is 30.3 Å². The van der Waals surface area contributed by atoms with Gasteiger partial charge >= 0.3 is 11.9 Å². The first-order chi connectivity index (χ1) is 10.6. The quantitative estimate of drug-likeness (QED) is 0.833. The van der Waals surface area contributed by atoms with Crippen molar-refractivity contribution in [1.29, 1.82) is 0 Å². The largest absolute Gasteiger partial charge is 0.478 e. The molecular formula is C18H10O4. The summed E-state index contributed by atoms with van der Waals surface area (Å²) in [7, 11) is 0. The fourth-order valence-corrected chi connectivity index (χ4v) is 1.69. The highest BCUT2D eigenvalue weighted by molar-refractivity contribution is 5.95. The first-order valence-corrected chi connectivity index (χ1v) is 6.25. The van der Waals surface area contributed by atoms with Crippen LogP contribution in [0, 0.1) is 23.7 Å². The second kappa shape index (κ2) is 6.78. The van der Waals surface area contributed by atoms with E-state index in [1.54, 1.807) is 0 Å². The molecule has 2 N–H and O–H groups in total. The van der Waals surface area contributed by atoms with Gasteiger partial charge in [-0.1, -0.05) is 30.0 Å². The molecule has 0 spiro atoms. The lowest BCUT2D eigenvalue weighted by atomic mass is 10.0. The van der Waals surface area contributed by atoms with Crippen molar-refractivity contribution in [1.82, 2.24) is 0 Å². The fourth-order valence-electron chi connectivity index (χ4n) is 1.69. The van der Waals surface area contributed by atoms with Gasteiger partial charge in [0.05, 0.1) is 11.1 Å². The van der Waals surface area contributed by atoms with E-state index in [2.05, 4.69) is 23.7 Å². The molecule has 0 aliphatic heterocycles. The number of carboxylic acid groups (broad SMARTS) is 2. The van der Waals surface area contributed by atoms with Gasteiger partial charge in [-0.05, 0) is 42.2 Å². The van der Waals surface area contributed by atoms with Gasteiger partial charge in [-0.25, -0.2) is 9.59 Å². The maximum Gasteiger partial charge on any atom is 0.336 e. The number of hydrogen-bond donors (Lipinski definition) is 2. The smallest absolute Gasteiger partial charge is 0.336 e. The van der Waals surface area contributed by atoms with Crippen LogP contribution in [0.4, 0.5) is 0 Å². The van der Waals surface area contributed by atoms with Crippen LogP contribution in [-0.4, -0.2) is 22.2 Å². The Morgan fingerprint density at radius 2 is 1.50 bits per heavy atom. The van der Waals surface area contributed by atoms with E-state index >= 15 is 0 Å². The Morgan fingerprint density at radius 3 is 2.14 bits per heavy atom. The molecular weight excluding hydrogens is 280 g/mol. The molecule has 106 valence electrons. The third kappa shape index (κ3) is 3.75. The van der Waals surface area contributed by atoms with E-state index < -0.39 is 11.9 Å². The summed E-state index contributed by atoms with van der Waals surface area (Å²) in [4.78, 5) is 22.0. The van der Waals surface area contributed by atoms with Gasteiger partial charge in [0.2, 0.25) is 0 Å². The lowest BCUT2D eigenvalue weighted by molar-refractivity contribution is 0.0695. The number of hydrogen-bond acceptors (Lipinski definition) is 2. The molecule has 2 rings (SSSR count). The zero-order valence-electron chi connectivity index (χ0n) is 11.3. The van der Waals surface area contributed by atoms with E-state index in [4.69, 9.17) is 10.2 Å². The number of rotatable bonds is 2. The molecule has 0 atom stereocenters. The molecule has 22 heavy (non-hydrogen) atoms. The van der Waals surface area contributed by atoms with Crippen LogP contribution in [0.3, 0.4) is 0 Å². The zero-order valence-corrected chi connectivity index (χ0v) is 11.3. The Hall–Kier alpha value is -3.50. The Bertz CT molecular complexity index is 843. The topological polar surface area (TPSA) is 74.6 Å². The van der Waals surface area contributed by atoms with Gasteiger partial charge in [-0.3, -0.25) is 0 Å². The predicted octanol–water partition coefficient (Wildman–Crippen LogP) is 2.49. The predicted molar refractivity (Wildman–Crippen MR) is 80.6 cm³/mol. The molecule has 2 aromatic carbocycles. The fraction of sp³-hybridized carbons (Fsp3) is 0. The van der Waals surface area contributed by atoms with Crippen molar-refractivity contribution in [3.8, 4) is 23.7 Å². The third-order valence-electron chi connectivity index (χ3n) is 2.74. The first kappa shape index (κ1) is 14.9. The summed E-state index contributed by atoms with van der Waals surface area (Å²) in [5.74, 6) is 8.25. The van der Waals surface area contributed by atoms with Crippen molar-refractivity contribution in [2.24, 2.45) is 0 Å². The Morgan fingerprint density at radius 1 is 0.818 bits per heavy atom. The lowest BCUT2D eigenvalue weighted by Crippen LogP contribution is -2.04. The van der Waals surface area contributed by atoms with E-state index in [0.717, 1.165) is 11.6 Å². The van der Waals surface area contributed by atoms with Crippen molar-refractivity contribution in [3.05, 3.63) is 70.8 Å². The van der Waals surface area contributed by atoms with Crippen LogP contribution in [0.25, 0.3) is 0 Å². The minimum atomic E-state index is -1.23. The highest BCUT2D eigenvalue weighted by Crippen LogP contribution is 2.11. The summed E-state index contributed by atoms with van der Waals surface area (Å²) >= 11 is 0. The van der Waals surface area contributed by atoms with Crippen LogP contribution < -0.4 is 0 Å². The second-order valence-electron chi connectivity index (χ2n) is 4.24. The molecule has 0 fully saturated rings. The van der Waals surface area contributed by atoms with Crippen molar-refractivity contribution >= 4 is 11.9 Å². The minimum Gasteiger partial charge on any atom is -0.478 e. The molecule has 0 aromatic heterocycles. The molecule has 0 saturated heterocycles. The van der Waals surface area contributed by atoms with Crippen LogP contribution in [-0.2, 0) is 0 Å². The van der Waals surface area contributed by atoms with Gasteiger partial charge in [-0.15, -0.1) is 0 Å². The normalized spacial score (nSPS) is 8.91. The molecule has 2 aromatic rings. The average Bonchev–Trinajstić information content (AvgIpc) is 2.52.